The molecule has 1 aliphatic carbocycles. The van der Waals surface area contributed by atoms with Crippen LogP contribution in [0.15, 0.2) is 11.4 Å². The molecule has 1 aromatic heterocycles. The zero-order valence-electron chi connectivity index (χ0n) is 5.50. The van der Waals surface area contributed by atoms with E-state index in [-0.39, 0.29) is 0 Å². The Morgan fingerprint density at radius 3 is 2.90 bits per heavy atom. The molecule has 0 spiro atoms. The summed E-state index contributed by atoms with van der Waals surface area (Å²) in [4.78, 5) is 0.849. The summed E-state index contributed by atoms with van der Waals surface area (Å²) in [5.74, 6) is 0.790. The first-order valence-electron chi connectivity index (χ1n) is 3.38. The van der Waals surface area contributed by atoms with Gasteiger partial charge in [-0.3, -0.25) is 0 Å². The Morgan fingerprint density at radius 1 is 1.60 bits per heavy atom. The molecule has 0 bridgehead atoms. The predicted molar refractivity (Wildman–Crippen MR) is 41.0 cm³/mol. The lowest BCUT2D eigenvalue weighted by molar-refractivity contribution is 1.15. The lowest BCUT2D eigenvalue weighted by Crippen LogP contribution is -1.68. The molecule has 1 saturated carbocycles. The fourth-order valence-corrected chi connectivity index (χ4v) is 1.82. The van der Waals surface area contributed by atoms with E-state index in [1.54, 1.807) is 11.3 Å². The van der Waals surface area contributed by atoms with Crippen molar-refractivity contribution in [3.8, 4) is 6.07 Å². The van der Waals surface area contributed by atoms with Gasteiger partial charge in [0.05, 0.1) is 0 Å². The Morgan fingerprint density at radius 2 is 2.40 bits per heavy atom. The third kappa shape index (κ3) is 0.932. The van der Waals surface area contributed by atoms with Crippen LogP contribution in [-0.4, -0.2) is 0 Å². The van der Waals surface area contributed by atoms with Gasteiger partial charge in [-0.1, -0.05) is 0 Å². The van der Waals surface area contributed by atoms with Gasteiger partial charge in [-0.15, -0.1) is 11.3 Å². The molecule has 2 rings (SSSR count). The first kappa shape index (κ1) is 5.94. The maximum Gasteiger partial charge on any atom is 0.110 e. The van der Waals surface area contributed by atoms with Crippen molar-refractivity contribution >= 4 is 11.3 Å². The molecule has 0 N–H and O–H groups in total. The van der Waals surface area contributed by atoms with Gasteiger partial charge in [0.1, 0.15) is 10.9 Å². The monoisotopic (exact) mass is 149 g/mol. The third-order valence-electron chi connectivity index (χ3n) is 1.78. The van der Waals surface area contributed by atoms with Gasteiger partial charge >= 0.3 is 0 Å². The smallest absolute Gasteiger partial charge is 0.110 e. The maximum absolute atomic E-state index is 8.51. The van der Waals surface area contributed by atoms with E-state index in [4.69, 9.17) is 5.26 Å². The van der Waals surface area contributed by atoms with Crippen LogP contribution >= 0.6 is 11.3 Å². The first-order chi connectivity index (χ1) is 4.90. The molecule has 1 heterocycles. The maximum atomic E-state index is 8.51. The molecule has 1 aromatic rings. The quantitative estimate of drug-likeness (QED) is 0.601. The molecule has 0 saturated heterocycles. The molecule has 0 aromatic carbocycles. The second kappa shape index (κ2) is 2.10. The van der Waals surface area contributed by atoms with E-state index in [1.807, 2.05) is 6.07 Å². The topological polar surface area (TPSA) is 23.8 Å². The molecule has 2 heteroatoms. The van der Waals surface area contributed by atoms with Crippen molar-refractivity contribution in [2.45, 2.75) is 18.8 Å². The van der Waals surface area contributed by atoms with Gasteiger partial charge in [0.15, 0.2) is 0 Å². The van der Waals surface area contributed by atoms with Crippen LogP contribution in [0.4, 0.5) is 0 Å². The van der Waals surface area contributed by atoms with Crippen molar-refractivity contribution in [1.82, 2.24) is 0 Å². The van der Waals surface area contributed by atoms with Gasteiger partial charge in [-0.25, -0.2) is 0 Å². The van der Waals surface area contributed by atoms with E-state index >= 15 is 0 Å². The molecule has 10 heavy (non-hydrogen) atoms. The number of hydrogen-bond acceptors (Lipinski definition) is 2. The normalized spacial score (nSPS) is 16.7. The lowest BCUT2D eigenvalue weighted by atomic mass is 10.2. The zero-order valence-corrected chi connectivity index (χ0v) is 6.32. The highest BCUT2D eigenvalue weighted by Crippen LogP contribution is 2.41. The average molecular weight is 149 g/mol. The minimum atomic E-state index is 0.790. The van der Waals surface area contributed by atoms with E-state index in [0.717, 1.165) is 10.8 Å². The van der Waals surface area contributed by atoms with Crippen LogP contribution in [0.5, 0.6) is 0 Å². The Bertz CT molecular complexity index is 278. The second-order valence-electron chi connectivity index (χ2n) is 2.63. The summed E-state index contributed by atoms with van der Waals surface area (Å²) in [6.07, 6.45) is 2.64. The molecular weight excluding hydrogens is 142 g/mol. The summed E-state index contributed by atoms with van der Waals surface area (Å²) >= 11 is 1.56. The van der Waals surface area contributed by atoms with Crippen molar-refractivity contribution in [3.05, 3.63) is 21.9 Å². The summed E-state index contributed by atoms with van der Waals surface area (Å²) in [7, 11) is 0. The lowest BCUT2D eigenvalue weighted by Gasteiger charge is -1.83. The number of thiophene rings is 1. The summed E-state index contributed by atoms with van der Waals surface area (Å²) in [5.41, 5.74) is 1.38. The summed E-state index contributed by atoms with van der Waals surface area (Å²) < 4.78 is 0. The number of rotatable bonds is 1. The Labute approximate surface area is 63.9 Å². The molecule has 1 nitrogen and oxygen atoms in total. The highest BCUT2D eigenvalue weighted by molar-refractivity contribution is 7.10. The Kier molecular flexibility index (Phi) is 1.25. The first-order valence-corrected chi connectivity index (χ1v) is 4.26. The zero-order chi connectivity index (χ0) is 6.97. The number of hydrogen-bond donors (Lipinski definition) is 0. The summed E-state index contributed by atoms with van der Waals surface area (Å²) in [5, 5.41) is 10.6. The van der Waals surface area contributed by atoms with Crippen molar-refractivity contribution < 1.29 is 0 Å². The van der Waals surface area contributed by atoms with E-state index < -0.39 is 0 Å². The Hall–Kier alpha value is -0.810. The number of nitriles is 1. The third-order valence-corrected chi connectivity index (χ3v) is 2.63. The van der Waals surface area contributed by atoms with Crippen molar-refractivity contribution in [1.29, 1.82) is 5.26 Å². The summed E-state index contributed by atoms with van der Waals surface area (Å²) in [6, 6.07) is 4.16. The highest BCUT2D eigenvalue weighted by Gasteiger charge is 2.24. The highest BCUT2D eigenvalue weighted by atomic mass is 32.1. The SMILES string of the molecule is N#Cc1cc(C2CC2)cs1. The Balaban J connectivity index is 2.29. The van der Waals surface area contributed by atoms with Crippen LogP contribution in [0.2, 0.25) is 0 Å². The molecule has 0 aliphatic heterocycles. The largest absolute Gasteiger partial charge is 0.192 e. The van der Waals surface area contributed by atoms with Crippen LogP contribution in [0.1, 0.15) is 29.2 Å². The average Bonchev–Trinajstić information content (AvgIpc) is 2.70. The van der Waals surface area contributed by atoms with E-state index in [2.05, 4.69) is 11.4 Å². The van der Waals surface area contributed by atoms with E-state index in [1.165, 1.54) is 18.4 Å². The fraction of sp³-hybridized carbons (Fsp3) is 0.375. The van der Waals surface area contributed by atoms with Crippen molar-refractivity contribution in [2.24, 2.45) is 0 Å². The fourth-order valence-electron chi connectivity index (χ4n) is 1.04. The van der Waals surface area contributed by atoms with Crippen LogP contribution in [-0.2, 0) is 0 Å². The molecular formula is C8H7NS. The molecule has 0 atom stereocenters. The van der Waals surface area contributed by atoms with Gasteiger partial charge in [-0.05, 0) is 35.8 Å². The van der Waals surface area contributed by atoms with Gasteiger partial charge in [-0.2, -0.15) is 5.26 Å². The molecule has 50 valence electrons. The van der Waals surface area contributed by atoms with E-state index in [0.29, 0.717) is 0 Å². The van der Waals surface area contributed by atoms with Crippen LogP contribution < -0.4 is 0 Å². The van der Waals surface area contributed by atoms with Crippen LogP contribution in [0.25, 0.3) is 0 Å². The van der Waals surface area contributed by atoms with Crippen LogP contribution in [0.3, 0.4) is 0 Å². The van der Waals surface area contributed by atoms with E-state index in [9.17, 15) is 0 Å². The predicted octanol–water partition coefficient (Wildman–Crippen LogP) is 2.50. The van der Waals surface area contributed by atoms with Gasteiger partial charge < -0.3 is 0 Å². The minimum absolute atomic E-state index is 0.790. The molecule has 0 radical (unpaired) electrons. The van der Waals surface area contributed by atoms with Gasteiger partial charge in [0.25, 0.3) is 0 Å². The second-order valence-corrected chi connectivity index (χ2v) is 3.54. The van der Waals surface area contributed by atoms with Crippen molar-refractivity contribution in [2.75, 3.05) is 0 Å². The minimum Gasteiger partial charge on any atom is -0.192 e. The molecule has 0 unspecified atom stereocenters. The number of nitrogens with zero attached hydrogens (tertiary/aromatic N) is 1. The molecule has 1 fully saturated rings. The standard InChI is InChI=1S/C8H7NS/c9-4-8-3-7(5-10-8)6-1-2-6/h3,5-6H,1-2H2. The van der Waals surface area contributed by atoms with Crippen molar-refractivity contribution in [3.63, 3.8) is 0 Å². The van der Waals surface area contributed by atoms with Gasteiger partial charge in [0.2, 0.25) is 0 Å². The van der Waals surface area contributed by atoms with Crippen LogP contribution in [0, 0.1) is 11.3 Å². The van der Waals surface area contributed by atoms with Gasteiger partial charge in [0, 0.05) is 0 Å². The molecule has 0 amide bonds. The molecule has 1 aliphatic rings. The summed E-state index contributed by atoms with van der Waals surface area (Å²) in [6.45, 7) is 0.